The van der Waals surface area contributed by atoms with Crippen LogP contribution in [0.5, 0.6) is 0 Å². The van der Waals surface area contributed by atoms with E-state index in [0.717, 1.165) is 31.9 Å². The monoisotopic (exact) mass is 234 g/mol. The summed E-state index contributed by atoms with van der Waals surface area (Å²) in [5.74, 6) is 0.550. The lowest BCUT2D eigenvalue weighted by Gasteiger charge is -2.10. The second-order valence-electron chi connectivity index (χ2n) is 4.27. The van der Waals surface area contributed by atoms with Gasteiger partial charge in [0.15, 0.2) is 0 Å². The quantitative estimate of drug-likeness (QED) is 0.830. The molecule has 4 nitrogen and oxygen atoms in total. The molecule has 0 radical (unpaired) electrons. The van der Waals surface area contributed by atoms with Gasteiger partial charge in [-0.3, -0.25) is 4.79 Å². The zero-order chi connectivity index (χ0) is 12.1. The molecule has 0 bridgehead atoms. The highest BCUT2D eigenvalue weighted by Crippen LogP contribution is 2.15. The number of ether oxygens (including phenoxy) is 1. The fourth-order valence-electron chi connectivity index (χ4n) is 1.89. The predicted octanol–water partition coefficient (Wildman–Crippen LogP) is 1.49. The van der Waals surface area contributed by atoms with Crippen molar-refractivity contribution in [2.24, 2.45) is 5.92 Å². The van der Waals surface area contributed by atoms with Crippen LogP contribution in [0.25, 0.3) is 0 Å². The molecule has 2 rings (SSSR count). The van der Waals surface area contributed by atoms with Crippen molar-refractivity contribution in [3.05, 3.63) is 29.8 Å². The van der Waals surface area contributed by atoms with Crippen LogP contribution in [0.2, 0.25) is 0 Å². The lowest BCUT2D eigenvalue weighted by atomic mass is 10.1. The smallest absolute Gasteiger partial charge is 0.251 e. The van der Waals surface area contributed by atoms with E-state index in [1.54, 1.807) is 7.05 Å². The molecule has 0 aromatic heterocycles. The molecule has 1 saturated heterocycles. The number of hydrogen-bond donors (Lipinski definition) is 2. The maximum Gasteiger partial charge on any atom is 0.251 e. The summed E-state index contributed by atoms with van der Waals surface area (Å²) in [5.41, 5.74) is 1.73. The van der Waals surface area contributed by atoms with Gasteiger partial charge in [-0.25, -0.2) is 0 Å². The molecule has 92 valence electrons. The topological polar surface area (TPSA) is 50.4 Å². The minimum Gasteiger partial charge on any atom is -0.385 e. The second kappa shape index (κ2) is 5.68. The lowest BCUT2D eigenvalue weighted by molar-refractivity contribution is 0.0963. The highest BCUT2D eigenvalue weighted by atomic mass is 16.5. The van der Waals surface area contributed by atoms with Gasteiger partial charge in [-0.2, -0.15) is 0 Å². The van der Waals surface area contributed by atoms with Crippen molar-refractivity contribution >= 4 is 11.6 Å². The third-order valence-corrected chi connectivity index (χ3v) is 2.99. The van der Waals surface area contributed by atoms with Crippen LogP contribution in [0.15, 0.2) is 24.3 Å². The average Bonchev–Trinajstić information content (AvgIpc) is 2.89. The minimum absolute atomic E-state index is 0.0549. The molecular weight excluding hydrogens is 216 g/mol. The standard InChI is InChI=1S/C13H18N2O2/c1-14-13(16)11-2-4-12(5-3-11)15-8-10-6-7-17-9-10/h2-5,10,15H,6-9H2,1H3,(H,14,16). The summed E-state index contributed by atoms with van der Waals surface area (Å²) in [7, 11) is 1.63. The van der Waals surface area contributed by atoms with Crippen molar-refractivity contribution in [3.8, 4) is 0 Å². The number of amides is 1. The van der Waals surface area contributed by atoms with Crippen molar-refractivity contribution < 1.29 is 9.53 Å². The maximum atomic E-state index is 11.3. The molecule has 17 heavy (non-hydrogen) atoms. The number of rotatable bonds is 4. The molecule has 1 heterocycles. The number of carbonyl (C=O) groups is 1. The molecule has 1 atom stereocenters. The third kappa shape index (κ3) is 3.20. The van der Waals surface area contributed by atoms with E-state index in [9.17, 15) is 4.79 Å². The Hall–Kier alpha value is -1.55. The fraction of sp³-hybridized carbons (Fsp3) is 0.462. The molecule has 1 aliphatic heterocycles. The highest BCUT2D eigenvalue weighted by Gasteiger charge is 2.14. The molecule has 0 saturated carbocycles. The van der Waals surface area contributed by atoms with Gasteiger partial charge in [0.2, 0.25) is 0 Å². The van der Waals surface area contributed by atoms with Gasteiger partial charge in [0.1, 0.15) is 0 Å². The number of hydrogen-bond acceptors (Lipinski definition) is 3. The summed E-state index contributed by atoms with van der Waals surface area (Å²) >= 11 is 0. The Morgan fingerprint density at radius 1 is 1.41 bits per heavy atom. The molecule has 0 aliphatic carbocycles. The van der Waals surface area contributed by atoms with Crippen molar-refractivity contribution in [1.82, 2.24) is 5.32 Å². The highest BCUT2D eigenvalue weighted by molar-refractivity contribution is 5.94. The number of anilines is 1. The second-order valence-corrected chi connectivity index (χ2v) is 4.27. The van der Waals surface area contributed by atoms with Crippen molar-refractivity contribution in [2.75, 3.05) is 32.1 Å². The first-order valence-electron chi connectivity index (χ1n) is 5.93. The molecule has 2 N–H and O–H groups in total. The number of benzene rings is 1. The first-order chi connectivity index (χ1) is 8.29. The molecular formula is C13H18N2O2. The van der Waals surface area contributed by atoms with Crippen LogP contribution in [0.4, 0.5) is 5.69 Å². The summed E-state index contributed by atoms with van der Waals surface area (Å²) in [4.78, 5) is 11.3. The fourth-order valence-corrected chi connectivity index (χ4v) is 1.89. The third-order valence-electron chi connectivity index (χ3n) is 2.99. The first kappa shape index (κ1) is 11.9. The van der Waals surface area contributed by atoms with Crippen molar-refractivity contribution in [2.45, 2.75) is 6.42 Å². The van der Waals surface area contributed by atoms with E-state index < -0.39 is 0 Å². The van der Waals surface area contributed by atoms with Gasteiger partial charge >= 0.3 is 0 Å². The Morgan fingerprint density at radius 3 is 2.76 bits per heavy atom. The van der Waals surface area contributed by atoms with E-state index in [-0.39, 0.29) is 5.91 Å². The van der Waals surface area contributed by atoms with Crippen molar-refractivity contribution in [1.29, 1.82) is 0 Å². The Bertz CT molecular complexity index is 370. The summed E-state index contributed by atoms with van der Waals surface area (Å²) in [6.07, 6.45) is 1.13. The van der Waals surface area contributed by atoms with Crippen LogP contribution >= 0.6 is 0 Å². The van der Waals surface area contributed by atoms with Crippen LogP contribution in [-0.4, -0.2) is 32.7 Å². The van der Waals surface area contributed by atoms with E-state index in [1.807, 2.05) is 24.3 Å². The van der Waals surface area contributed by atoms with Crippen LogP contribution in [0, 0.1) is 5.92 Å². The summed E-state index contributed by atoms with van der Waals surface area (Å²) in [6, 6.07) is 7.51. The normalized spacial score (nSPS) is 19.0. The summed E-state index contributed by atoms with van der Waals surface area (Å²) < 4.78 is 5.32. The molecule has 1 aromatic rings. The summed E-state index contributed by atoms with van der Waals surface area (Å²) in [5, 5.41) is 5.96. The number of carbonyl (C=O) groups excluding carboxylic acids is 1. The Balaban J connectivity index is 1.87. The molecule has 1 amide bonds. The Kier molecular flexibility index (Phi) is 3.98. The molecule has 1 aliphatic rings. The van der Waals surface area contributed by atoms with E-state index in [0.29, 0.717) is 11.5 Å². The van der Waals surface area contributed by atoms with Crippen LogP contribution in [0.3, 0.4) is 0 Å². The van der Waals surface area contributed by atoms with Gasteiger partial charge in [-0.1, -0.05) is 0 Å². The Labute approximate surface area is 101 Å². The first-order valence-corrected chi connectivity index (χ1v) is 5.93. The van der Waals surface area contributed by atoms with Gasteiger partial charge in [-0.05, 0) is 30.7 Å². The van der Waals surface area contributed by atoms with Crippen molar-refractivity contribution in [3.63, 3.8) is 0 Å². The van der Waals surface area contributed by atoms with Gasteiger partial charge < -0.3 is 15.4 Å². The van der Waals surface area contributed by atoms with E-state index in [4.69, 9.17) is 4.74 Å². The van der Waals surface area contributed by atoms with Gasteiger partial charge in [0, 0.05) is 37.4 Å². The maximum absolute atomic E-state index is 11.3. The molecule has 4 heteroatoms. The van der Waals surface area contributed by atoms with E-state index in [2.05, 4.69) is 10.6 Å². The van der Waals surface area contributed by atoms with Crippen LogP contribution in [0.1, 0.15) is 16.8 Å². The Morgan fingerprint density at radius 2 is 2.18 bits per heavy atom. The largest absolute Gasteiger partial charge is 0.385 e. The molecule has 1 aromatic carbocycles. The average molecular weight is 234 g/mol. The van der Waals surface area contributed by atoms with Gasteiger partial charge in [0.25, 0.3) is 5.91 Å². The van der Waals surface area contributed by atoms with Crippen LogP contribution < -0.4 is 10.6 Å². The van der Waals surface area contributed by atoms with E-state index in [1.165, 1.54) is 0 Å². The number of nitrogens with one attached hydrogen (secondary N) is 2. The zero-order valence-corrected chi connectivity index (χ0v) is 10.0. The van der Waals surface area contributed by atoms with E-state index >= 15 is 0 Å². The SMILES string of the molecule is CNC(=O)c1ccc(NCC2CCOC2)cc1. The predicted molar refractivity (Wildman–Crippen MR) is 67.2 cm³/mol. The lowest BCUT2D eigenvalue weighted by Crippen LogP contribution is -2.18. The summed E-state index contributed by atoms with van der Waals surface area (Å²) in [6.45, 7) is 2.66. The molecule has 0 spiro atoms. The zero-order valence-electron chi connectivity index (χ0n) is 10.0. The molecule has 1 fully saturated rings. The minimum atomic E-state index is -0.0549. The van der Waals surface area contributed by atoms with Crippen LogP contribution in [-0.2, 0) is 4.74 Å². The molecule has 1 unspecified atom stereocenters. The van der Waals surface area contributed by atoms with Gasteiger partial charge in [0.05, 0.1) is 6.61 Å². The van der Waals surface area contributed by atoms with Gasteiger partial charge in [-0.15, -0.1) is 0 Å².